The molecule has 1 saturated heterocycles. The molecular formula is C22H27F4N5O5S. The number of carbonyl (C=O) groups is 1. The van der Waals surface area contributed by atoms with Gasteiger partial charge >= 0.3 is 12.1 Å². The van der Waals surface area contributed by atoms with Gasteiger partial charge < -0.3 is 19.6 Å². The third kappa shape index (κ3) is 7.05. The largest absolute Gasteiger partial charge is 0.490 e. The molecule has 0 radical (unpaired) electrons. The number of carboxylic acids is 1. The van der Waals surface area contributed by atoms with Gasteiger partial charge in [-0.05, 0) is 32.6 Å². The smallest absolute Gasteiger partial charge is 0.487 e. The number of alkyl halides is 3. The second kappa shape index (κ2) is 11.6. The van der Waals surface area contributed by atoms with E-state index >= 15 is 0 Å². The van der Waals surface area contributed by atoms with Crippen molar-refractivity contribution in [2.45, 2.75) is 36.1 Å². The quantitative estimate of drug-likeness (QED) is 0.573. The number of aliphatic carboxylic acids is 1. The number of halogens is 4. The predicted octanol–water partition coefficient (Wildman–Crippen LogP) is 2.23. The molecule has 0 aliphatic carbocycles. The monoisotopic (exact) mass is 549 g/mol. The minimum Gasteiger partial charge on any atom is -0.487 e. The zero-order chi connectivity index (χ0) is 27.4. The second-order valence-corrected chi connectivity index (χ2v) is 10.5. The highest BCUT2D eigenvalue weighted by molar-refractivity contribution is 7.89. The Morgan fingerprint density at radius 1 is 1.16 bits per heavy atom. The van der Waals surface area contributed by atoms with Gasteiger partial charge in [-0.15, -0.1) is 0 Å². The highest BCUT2D eigenvalue weighted by Crippen LogP contribution is 2.36. The number of benzene rings is 1. The van der Waals surface area contributed by atoms with Crippen LogP contribution in [-0.4, -0.2) is 97.3 Å². The number of hydrogen-bond acceptors (Lipinski definition) is 8. The summed E-state index contributed by atoms with van der Waals surface area (Å²) in [4.78, 5) is 21.2. The van der Waals surface area contributed by atoms with Gasteiger partial charge in [-0.25, -0.2) is 27.6 Å². The first-order chi connectivity index (χ1) is 17.3. The molecule has 1 aromatic heterocycles. The van der Waals surface area contributed by atoms with Crippen LogP contribution in [0, 0.1) is 5.82 Å². The van der Waals surface area contributed by atoms with Crippen LogP contribution in [0.5, 0.6) is 5.75 Å². The van der Waals surface area contributed by atoms with Crippen molar-refractivity contribution in [1.82, 2.24) is 19.2 Å². The van der Waals surface area contributed by atoms with E-state index in [0.29, 0.717) is 50.7 Å². The highest BCUT2D eigenvalue weighted by atomic mass is 32.2. The molecule has 4 rings (SSSR count). The van der Waals surface area contributed by atoms with E-state index in [-0.39, 0.29) is 17.0 Å². The predicted molar refractivity (Wildman–Crippen MR) is 124 cm³/mol. The standard InChI is InChI=1S/C20H26FN5O3S.C2HF3O2/c1-24(2)11-12-26-16-7-9-25(20-22-13-15(21)14-23-20)10-8-17(16)29-18-5-3-4-6-19(18)30(26,27)28;3-2(4,5)1(6)7/h3-6,13-14,16-17H,7-12H2,1-2H3;(H,6,7)/t16-,17-;/m0./s1. The van der Waals surface area contributed by atoms with Crippen molar-refractivity contribution in [2.24, 2.45) is 0 Å². The summed E-state index contributed by atoms with van der Waals surface area (Å²) in [6.07, 6.45) is -1.92. The summed E-state index contributed by atoms with van der Waals surface area (Å²) < 4.78 is 79.9. The third-order valence-corrected chi connectivity index (χ3v) is 7.76. The number of likely N-dealkylation sites (N-methyl/N-ethyl adjacent to an activating group) is 1. The van der Waals surface area contributed by atoms with Crippen LogP contribution >= 0.6 is 0 Å². The lowest BCUT2D eigenvalue weighted by atomic mass is 10.1. The molecule has 204 valence electrons. The van der Waals surface area contributed by atoms with Crippen molar-refractivity contribution in [2.75, 3.05) is 45.2 Å². The van der Waals surface area contributed by atoms with E-state index in [1.165, 1.54) is 0 Å². The second-order valence-electron chi connectivity index (χ2n) is 8.66. The molecule has 2 atom stereocenters. The Bertz CT molecular complexity index is 1180. The fourth-order valence-electron chi connectivity index (χ4n) is 4.01. The van der Waals surface area contributed by atoms with E-state index in [1.807, 2.05) is 23.9 Å². The van der Waals surface area contributed by atoms with E-state index in [9.17, 15) is 26.0 Å². The Labute approximate surface area is 211 Å². The summed E-state index contributed by atoms with van der Waals surface area (Å²) in [6, 6.07) is 6.52. The molecule has 1 fully saturated rings. The van der Waals surface area contributed by atoms with Crippen molar-refractivity contribution < 1.29 is 40.6 Å². The molecule has 10 nitrogen and oxygen atoms in total. The number of aromatic nitrogens is 2. The van der Waals surface area contributed by atoms with Gasteiger partial charge in [-0.1, -0.05) is 12.1 Å². The molecule has 3 heterocycles. The van der Waals surface area contributed by atoms with Crippen LogP contribution in [0.25, 0.3) is 0 Å². The number of ether oxygens (including phenoxy) is 1. The summed E-state index contributed by atoms with van der Waals surface area (Å²) in [7, 11) is 0.140. The van der Waals surface area contributed by atoms with E-state index in [2.05, 4.69) is 9.97 Å². The summed E-state index contributed by atoms with van der Waals surface area (Å²) in [6.45, 7) is 2.13. The minimum absolute atomic E-state index is 0.218. The Morgan fingerprint density at radius 3 is 2.35 bits per heavy atom. The summed E-state index contributed by atoms with van der Waals surface area (Å²) in [5, 5.41) is 7.12. The number of para-hydroxylation sites is 1. The maximum Gasteiger partial charge on any atom is 0.490 e. The lowest BCUT2D eigenvalue weighted by Gasteiger charge is -2.32. The van der Waals surface area contributed by atoms with Crippen molar-refractivity contribution in [1.29, 1.82) is 0 Å². The van der Waals surface area contributed by atoms with Gasteiger partial charge in [0.15, 0.2) is 5.82 Å². The lowest BCUT2D eigenvalue weighted by Crippen LogP contribution is -2.49. The lowest BCUT2D eigenvalue weighted by molar-refractivity contribution is -0.192. The average Bonchev–Trinajstić information content (AvgIpc) is 3.06. The van der Waals surface area contributed by atoms with Gasteiger partial charge in [-0.3, -0.25) is 0 Å². The van der Waals surface area contributed by atoms with E-state index in [4.69, 9.17) is 14.6 Å². The summed E-state index contributed by atoms with van der Waals surface area (Å²) in [5.74, 6) is -2.41. The molecule has 2 aromatic rings. The molecule has 0 unspecified atom stereocenters. The highest BCUT2D eigenvalue weighted by Gasteiger charge is 2.43. The van der Waals surface area contributed by atoms with Crippen LogP contribution in [0.15, 0.2) is 41.6 Å². The third-order valence-electron chi connectivity index (χ3n) is 5.79. The minimum atomic E-state index is -5.08. The Morgan fingerprint density at radius 2 is 1.76 bits per heavy atom. The molecule has 0 amide bonds. The molecular weight excluding hydrogens is 522 g/mol. The number of fused-ring (bicyclic) bond motifs is 2. The van der Waals surface area contributed by atoms with Crippen molar-refractivity contribution in [3.63, 3.8) is 0 Å². The number of carboxylic acid groups (broad SMARTS) is 1. The van der Waals surface area contributed by atoms with Gasteiger partial charge in [0.25, 0.3) is 0 Å². The molecule has 0 bridgehead atoms. The Hall–Kier alpha value is -3.04. The van der Waals surface area contributed by atoms with Crippen molar-refractivity contribution >= 4 is 21.9 Å². The van der Waals surface area contributed by atoms with Crippen LogP contribution in [0.2, 0.25) is 0 Å². The Balaban J connectivity index is 0.000000479. The number of rotatable bonds is 4. The maximum absolute atomic E-state index is 13.5. The topological polar surface area (TPSA) is 116 Å². The fourth-order valence-corrected chi connectivity index (χ4v) is 5.80. The number of anilines is 1. The maximum atomic E-state index is 13.5. The van der Waals surface area contributed by atoms with Crippen LogP contribution in [0.4, 0.5) is 23.5 Å². The summed E-state index contributed by atoms with van der Waals surface area (Å²) >= 11 is 0. The van der Waals surface area contributed by atoms with Gasteiger partial charge in [0.05, 0.1) is 18.4 Å². The fraction of sp³-hybridized carbons (Fsp3) is 0.500. The molecule has 0 saturated carbocycles. The van der Waals surface area contributed by atoms with E-state index < -0.39 is 28.0 Å². The zero-order valence-corrected chi connectivity index (χ0v) is 20.9. The normalized spacial score (nSPS) is 21.4. The summed E-state index contributed by atoms with van der Waals surface area (Å²) in [5.41, 5.74) is 0. The number of nitrogens with zero attached hydrogens (tertiary/aromatic N) is 5. The van der Waals surface area contributed by atoms with Crippen LogP contribution in [0.3, 0.4) is 0 Å². The molecule has 1 aromatic carbocycles. The molecule has 37 heavy (non-hydrogen) atoms. The number of hydrogen-bond donors (Lipinski definition) is 1. The van der Waals surface area contributed by atoms with Gasteiger partial charge in [-0.2, -0.15) is 17.5 Å². The first kappa shape index (κ1) is 28.5. The van der Waals surface area contributed by atoms with E-state index in [0.717, 1.165) is 12.4 Å². The van der Waals surface area contributed by atoms with Crippen LogP contribution < -0.4 is 9.64 Å². The van der Waals surface area contributed by atoms with Crippen LogP contribution in [-0.2, 0) is 14.8 Å². The van der Waals surface area contributed by atoms with Crippen molar-refractivity contribution in [3.8, 4) is 5.75 Å². The molecule has 1 N–H and O–H groups in total. The molecule has 0 spiro atoms. The van der Waals surface area contributed by atoms with Gasteiger partial charge in [0.1, 0.15) is 16.7 Å². The average molecular weight is 550 g/mol. The first-order valence-electron chi connectivity index (χ1n) is 11.3. The van der Waals surface area contributed by atoms with Gasteiger partial charge in [0, 0.05) is 32.6 Å². The zero-order valence-electron chi connectivity index (χ0n) is 20.1. The van der Waals surface area contributed by atoms with Crippen molar-refractivity contribution in [3.05, 3.63) is 42.5 Å². The molecule has 2 aliphatic rings. The number of sulfonamides is 1. The van der Waals surface area contributed by atoms with Crippen LogP contribution in [0.1, 0.15) is 12.8 Å². The van der Waals surface area contributed by atoms with E-state index in [1.54, 1.807) is 28.6 Å². The molecule has 15 heteroatoms. The molecule has 2 aliphatic heterocycles. The SMILES string of the molecule is CN(C)CCN1[C@H]2CCN(c3ncc(F)cn3)CC[C@@H]2Oc2ccccc2S1(=O)=O.O=C(O)C(F)(F)F. The Kier molecular flexibility index (Phi) is 8.92. The first-order valence-corrected chi connectivity index (χ1v) is 12.7. The van der Waals surface area contributed by atoms with Gasteiger partial charge in [0.2, 0.25) is 16.0 Å².